The molecule has 3 saturated heterocycles. The van der Waals surface area contributed by atoms with Crippen molar-refractivity contribution in [2.75, 3.05) is 0 Å². The minimum Gasteiger partial charge on any atom is -0.371 e. The molecule has 0 amide bonds. The van der Waals surface area contributed by atoms with Gasteiger partial charge < -0.3 is 9.47 Å². The SMILES string of the molecule is CC1C2OC3CC(=O)[C@H](O[C@H]31)C2C. The third kappa shape index (κ3) is 0.842. The second-order valence-corrected chi connectivity index (χ2v) is 4.55. The Balaban J connectivity index is 2.02. The molecular formula is C10H14O3. The van der Waals surface area contributed by atoms with Crippen LogP contribution >= 0.6 is 0 Å². The summed E-state index contributed by atoms with van der Waals surface area (Å²) >= 11 is 0. The van der Waals surface area contributed by atoms with Crippen LogP contribution < -0.4 is 0 Å². The van der Waals surface area contributed by atoms with Gasteiger partial charge in [0.2, 0.25) is 0 Å². The fourth-order valence-electron chi connectivity index (χ4n) is 3.06. The highest BCUT2D eigenvalue weighted by Crippen LogP contribution is 2.46. The molecule has 0 radical (unpaired) electrons. The molecule has 0 saturated carbocycles. The summed E-state index contributed by atoms with van der Waals surface area (Å²) in [5.74, 6) is 0.943. The molecule has 3 heterocycles. The zero-order valence-corrected chi connectivity index (χ0v) is 7.90. The molecule has 4 unspecified atom stereocenters. The van der Waals surface area contributed by atoms with Gasteiger partial charge in [-0.15, -0.1) is 0 Å². The van der Waals surface area contributed by atoms with E-state index in [4.69, 9.17) is 9.47 Å². The molecule has 3 nitrogen and oxygen atoms in total. The highest BCUT2D eigenvalue weighted by molar-refractivity contribution is 5.85. The lowest BCUT2D eigenvalue weighted by atomic mass is 9.78. The van der Waals surface area contributed by atoms with Gasteiger partial charge in [0.05, 0.1) is 18.3 Å². The maximum atomic E-state index is 11.6. The summed E-state index contributed by atoms with van der Waals surface area (Å²) in [4.78, 5) is 11.6. The summed E-state index contributed by atoms with van der Waals surface area (Å²) in [5.41, 5.74) is 0. The van der Waals surface area contributed by atoms with Gasteiger partial charge in [0, 0.05) is 18.3 Å². The van der Waals surface area contributed by atoms with Gasteiger partial charge in [-0.2, -0.15) is 0 Å². The summed E-state index contributed by atoms with van der Waals surface area (Å²) in [6.07, 6.45) is 0.878. The Morgan fingerprint density at radius 2 is 1.92 bits per heavy atom. The lowest BCUT2D eigenvalue weighted by Crippen LogP contribution is -2.52. The highest BCUT2D eigenvalue weighted by Gasteiger charge is 2.57. The van der Waals surface area contributed by atoms with Crippen LogP contribution in [0.5, 0.6) is 0 Å². The first-order chi connectivity index (χ1) is 6.18. The smallest absolute Gasteiger partial charge is 0.164 e. The molecule has 0 aromatic heterocycles. The van der Waals surface area contributed by atoms with Crippen molar-refractivity contribution in [1.82, 2.24) is 0 Å². The van der Waals surface area contributed by atoms with Crippen LogP contribution in [0.15, 0.2) is 0 Å². The van der Waals surface area contributed by atoms with E-state index in [0.717, 1.165) is 0 Å². The number of hydrogen-bond acceptors (Lipinski definition) is 3. The Bertz CT molecular complexity index is 263. The fraction of sp³-hybridized carbons (Fsp3) is 0.900. The van der Waals surface area contributed by atoms with Crippen molar-refractivity contribution in [2.45, 2.75) is 44.7 Å². The lowest BCUT2D eigenvalue weighted by molar-refractivity contribution is -0.158. The number of Topliss-reactive ketones (excluding diaryl/α,β-unsaturated/α-hetero) is 1. The van der Waals surface area contributed by atoms with Gasteiger partial charge in [-0.1, -0.05) is 13.8 Å². The van der Waals surface area contributed by atoms with Crippen molar-refractivity contribution in [3.05, 3.63) is 0 Å². The normalized spacial score (nSPS) is 58.8. The first-order valence-electron chi connectivity index (χ1n) is 5.02. The second kappa shape index (κ2) is 2.34. The molecule has 3 rings (SSSR count). The van der Waals surface area contributed by atoms with Crippen LogP contribution in [0, 0.1) is 11.8 Å². The Morgan fingerprint density at radius 1 is 1.15 bits per heavy atom. The predicted octanol–water partition coefficient (Wildman–Crippen LogP) is 0.766. The number of carbonyl (C=O) groups excluding carboxylic acids is 1. The summed E-state index contributed by atoms with van der Waals surface area (Å²) in [6.45, 7) is 4.23. The van der Waals surface area contributed by atoms with Crippen LogP contribution in [0.4, 0.5) is 0 Å². The van der Waals surface area contributed by atoms with Gasteiger partial charge in [-0.3, -0.25) is 4.79 Å². The minimum atomic E-state index is -0.176. The van der Waals surface area contributed by atoms with Crippen LogP contribution in [0.1, 0.15) is 20.3 Å². The topological polar surface area (TPSA) is 35.5 Å². The number of ether oxygens (including phenoxy) is 2. The van der Waals surface area contributed by atoms with Crippen LogP contribution in [0.3, 0.4) is 0 Å². The fourth-order valence-corrected chi connectivity index (χ4v) is 3.06. The second-order valence-electron chi connectivity index (χ2n) is 4.55. The Labute approximate surface area is 77.4 Å². The first kappa shape index (κ1) is 7.94. The van der Waals surface area contributed by atoms with Crippen LogP contribution in [-0.2, 0) is 14.3 Å². The predicted molar refractivity (Wildman–Crippen MR) is 45.3 cm³/mol. The highest BCUT2D eigenvalue weighted by atomic mass is 16.6. The summed E-state index contributed by atoms with van der Waals surface area (Å²) in [7, 11) is 0. The third-order valence-electron chi connectivity index (χ3n) is 3.75. The zero-order chi connectivity index (χ0) is 9.16. The van der Waals surface area contributed by atoms with Gasteiger partial charge in [-0.25, -0.2) is 0 Å². The van der Waals surface area contributed by atoms with Crippen molar-refractivity contribution in [2.24, 2.45) is 11.8 Å². The number of hydrogen-bond donors (Lipinski definition) is 0. The van der Waals surface area contributed by atoms with E-state index in [1.54, 1.807) is 0 Å². The lowest BCUT2D eigenvalue weighted by Gasteiger charge is -2.39. The molecule has 3 aliphatic heterocycles. The molecule has 13 heavy (non-hydrogen) atoms. The molecule has 3 aliphatic rings. The quantitative estimate of drug-likeness (QED) is 0.555. The molecule has 0 aromatic rings. The van der Waals surface area contributed by atoms with E-state index in [1.807, 2.05) is 0 Å². The molecule has 6 atom stereocenters. The van der Waals surface area contributed by atoms with Crippen LogP contribution in [-0.4, -0.2) is 30.2 Å². The van der Waals surface area contributed by atoms with Gasteiger partial charge in [-0.05, 0) is 0 Å². The molecule has 3 fully saturated rings. The molecule has 3 heteroatoms. The van der Waals surface area contributed by atoms with Gasteiger partial charge in [0.25, 0.3) is 0 Å². The molecule has 3 bridgehead atoms. The van der Waals surface area contributed by atoms with Crippen molar-refractivity contribution >= 4 is 5.78 Å². The third-order valence-corrected chi connectivity index (χ3v) is 3.75. The molecule has 0 N–H and O–H groups in total. The average molecular weight is 182 g/mol. The maximum Gasteiger partial charge on any atom is 0.164 e. The number of rotatable bonds is 0. The summed E-state index contributed by atoms with van der Waals surface area (Å²) in [5, 5.41) is 0. The van der Waals surface area contributed by atoms with Crippen molar-refractivity contribution < 1.29 is 14.3 Å². The Kier molecular flexibility index (Phi) is 1.43. The van der Waals surface area contributed by atoms with Gasteiger partial charge >= 0.3 is 0 Å². The number of fused-ring (bicyclic) bond motifs is 2. The molecule has 0 spiro atoms. The molecule has 0 aliphatic carbocycles. The Morgan fingerprint density at radius 3 is 2.69 bits per heavy atom. The number of ketones is 1. The van der Waals surface area contributed by atoms with E-state index in [2.05, 4.69) is 13.8 Å². The first-order valence-corrected chi connectivity index (χ1v) is 5.02. The number of carbonyl (C=O) groups is 1. The van der Waals surface area contributed by atoms with Crippen molar-refractivity contribution in [3.8, 4) is 0 Å². The average Bonchev–Trinajstić information content (AvgIpc) is 2.25. The minimum absolute atomic E-state index is 0.0497. The largest absolute Gasteiger partial charge is 0.371 e. The standard InChI is InChI=1S/C10H14O3/c1-4-8-5(2)10-7(12-8)3-6(11)9(4)13-10/h4-5,7-10H,3H2,1-2H3/t4?,5?,7?,8?,9-,10+/m1/s1. The van der Waals surface area contributed by atoms with Gasteiger partial charge in [0.1, 0.15) is 6.10 Å². The Hall–Kier alpha value is -0.410. The van der Waals surface area contributed by atoms with Gasteiger partial charge in [0.15, 0.2) is 5.78 Å². The van der Waals surface area contributed by atoms with Crippen molar-refractivity contribution in [3.63, 3.8) is 0 Å². The zero-order valence-electron chi connectivity index (χ0n) is 7.90. The van der Waals surface area contributed by atoms with Crippen molar-refractivity contribution in [1.29, 1.82) is 0 Å². The van der Waals surface area contributed by atoms with Crippen LogP contribution in [0.25, 0.3) is 0 Å². The molecule has 72 valence electrons. The molecular weight excluding hydrogens is 168 g/mol. The van der Waals surface area contributed by atoms with E-state index >= 15 is 0 Å². The summed E-state index contributed by atoms with van der Waals surface area (Å²) < 4.78 is 11.6. The monoisotopic (exact) mass is 182 g/mol. The van der Waals surface area contributed by atoms with E-state index in [9.17, 15) is 4.79 Å². The van der Waals surface area contributed by atoms with E-state index in [0.29, 0.717) is 12.3 Å². The van der Waals surface area contributed by atoms with E-state index in [-0.39, 0.29) is 36.1 Å². The molecule has 0 aromatic carbocycles. The van der Waals surface area contributed by atoms with E-state index in [1.165, 1.54) is 0 Å². The van der Waals surface area contributed by atoms with Crippen LogP contribution in [0.2, 0.25) is 0 Å². The van der Waals surface area contributed by atoms with E-state index < -0.39 is 0 Å². The summed E-state index contributed by atoms with van der Waals surface area (Å²) in [6, 6.07) is 0. The maximum absolute atomic E-state index is 11.6.